The fourth-order valence-electron chi connectivity index (χ4n) is 3.97. The maximum absolute atomic E-state index is 12.9. The lowest BCUT2D eigenvalue weighted by molar-refractivity contribution is -0.136. The minimum Gasteiger partial charge on any atom is -0.378 e. The summed E-state index contributed by atoms with van der Waals surface area (Å²) in [5.74, 6) is -0.126. The number of carbonyl (C=O) groups is 3. The summed E-state index contributed by atoms with van der Waals surface area (Å²) >= 11 is 1.62. The zero-order valence-electron chi connectivity index (χ0n) is 21.1. The highest BCUT2D eigenvalue weighted by molar-refractivity contribution is 7.99. The van der Waals surface area contributed by atoms with Gasteiger partial charge in [-0.05, 0) is 24.1 Å². The van der Waals surface area contributed by atoms with E-state index in [9.17, 15) is 14.4 Å². The molecule has 2 aliphatic heterocycles. The number of rotatable bonds is 19. The minimum atomic E-state index is -0.607. The molecule has 37 heavy (non-hydrogen) atoms. The van der Waals surface area contributed by atoms with Gasteiger partial charge in [-0.1, -0.05) is 6.07 Å². The number of fused-ring (bicyclic) bond motifs is 1. The zero-order chi connectivity index (χ0) is 26.3. The Morgan fingerprint density at radius 1 is 0.865 bits per heavy atom. The molecular formula is C25H37N3O8S. The molecule has 0 spiro atoms. The lowest BCUT2D eigenvalue weighted by Gasteiger charge is -2.29. The lowest BCUT2D eigenvalue weighted by atomic mass is 10.0. The third kappa shape index (κ3) is 9.64. The molecule has 0 radical (unpaired) electrons. The van der Waals surface area contributed by atoms with Crippen molar-refractivity contribution in [3.63, 3.8) is 0 Å². The molecule has 2 heterocycles. The van der Waals surface area contributed by atoms with Gasteiger partial charge in [0.2, 0.25) is 11.8 Å². The second-order valence-electron chi connectivity index (χ2n) is 8.38. The molecule has 1 aromatic rings. The number of nitrogens with two attached hydrogens (primary N) is 1. The molecular weight excluding hydrogens is 502 g/mol. The molecule has 206 valence electrons. The molecule has 12 heteroatoms. The number of amides is 3. The molecule has 1 atom stereocenters. The first-order valence-corrected chi connectivity index (χ1v) is 13.6. The Labute approximate surface area is 221 Å². The van der Waals surface area contributed by atoms with Gasteiger partial charge in [0.15, 0.2) is 0 Å². The third-order valence-electron chi connectivity index (χ3n) is 5.77. The van der Waals surface area contributed by atoms with E-state index in [1.165, 1.54) is 0 Å². The summed E-state index contributed by atoms with van der Waals surface area (Å²) < 4.78 is 27.2. The number of carbonyl (C=O) groups excluding carboxylic acids is 3. The van der Waals surface area contributed by atoms with Crippen molar-refractivity contribution < 1.29 is 38.1 Å². The fraction of sp³-hybridized carbons (Fsp3) is 0.640. The van der Waals surface area contributed by atoms with Gasteiger partial charge in [0.1, 0.15) is 6.04 Å². The van der Waals surface area contributed by atoms with Crippen LogP contribution in [0.15, 0.2) is 23.1 Å². The Kier molecular flexibility index (Phi) is 13.3. The first-order chi connectivity index (χ1) is 18.1. The molecule has 0 bridgehead atoms. The first kappa shape index (κ1) is 29.5. The van der Waals surface area contributed by atoms with Crippen molar-refractivity contribution in [3.05, 3.63) is 29.3 Å². The van der Waals surface area contributed by atoms with Crippen LogP contribution in [0, 0.1) is 0 Å². The van der Waals surface area contributed by atoms with Crippen molar-refractivity contribution in [2.75, 3.05) is 78.4 Å². The van der Waals surface area contributed by atoms with Crippen LogP contribution >= 0.6 is 11.8 Å². The van der Waals surface area contributed by atoms with E-state index in [1.54, 1.807) is 22.7 Å². The first-order valence-electron chi connectivity index (χ1n) is 12.6. The molecule has 11 nitrogen and oxygen atoms in total. The summed E-state index contributed by atoms with van der Waals surface area (Å²) in [5.41, 5.74) is 6.87. The molecule has 3 amide bonds. The number of nitrogens with one attached hydrogen (secondary N) is 1. The van der Waals surface area contributed by atoms with Crippen molar-refractivity contribution in [3.8, 4) is 0 Å². The van der Waals surface area contributed by atoms with Crippen LogP contribution in [-0.4, -0.2) is 107 Å². The largest absolute Gasteiger partial charge is 0.378 e. The van der Waals surface area contributed by atoms with E-state index < -0.39 is 11.9 Å². The highest BCUT2D eigenvalue weighted by Gasteiger charge is 2.39. The van der Waals surface area contributed by atoms with Gasteiger partial charge in [0, 0.05) is 35.7 Å². The van der Waals surface area contributed by atoms with Crippen LogP contribution in [0.3, 0.4) is 0 Å². The average molecular weight is 540 g/mol. The molecule has 3 rings (SSSR count). The van der Waals surface area contributed by atoms with Crippen LogP contribution in [-0.2, 0) is 39.8 Å². The van der Waals surface area contributed by atoms with Crippen LogP contribution in [0.1, 0.15) is 28.8 Å². The van der Waals surface area contributed by atoms with Gasteiger partial charge in [0.05, 0.1) is 66.1 Å². The Hall–Kier alpha value is -2.06. The minimum absolute atomic E-state index is 0.162. The van der Waals surface area contributed by atoms with Crippen molar-refractivity contribution >= 4 is 29.5 Å². The van der Waals surface area contributed by atoms with Crippen LogP contribution in [0.4, 0.5) is 0 Å². The smallest absolute Gasteiger partial charge is 0.255 e. The van der Waals surface area contributed by atoms with E-state index in [-0.39, 0.29) is 18.2 Å². The number of imide groups is 1. The zero-order valence-corrected chi connectivity index (χ0v) is 21.9. The molecule has 1 fully saturated rings. The maximum atomic E-state index is 12.9. The predicted octanol–water partition coefficient (Wildman–Crippen LogP) is 0.581. The molecule has 2 aliphatic rings. The number of hydrogen-bond donors (Lipinski definition) is 2. The quantitative estimate of drug-likeness (QED) is 0.146. The third-order valence-corrected chi connectivity index (χ3v) is 6.84. The summed E-state index contributed by atoms with van der Waals surface area (Å²) in [6.07, 6.45) is 0.600. The monoisotopic (exact) mass is 539 g/mol. The van der Waals surface area contributed by atoms with Crippen LogP contribution in [0.25, 0.3) is 0 Å². The van der Waals surface area contributed by atoms with Gasteiger partial charge >= 0.3 is 0 Å². The van der Waals surface area contributed by atoms with E-state index in [0.717, 1.165) is 16.2 Å². The number of ether oxygens (including phenoxy) is 5. The molecule has 1 unspecified atom stereocenters. The Morgan fingerprint density at radius 3 is 2.05 bits per heavy atom. The summed E-state index contributed by atoms with van der Waals surface area (Å²) in [6, 6.07) is 5.02. The highest BCUT2D eigenvalue weighted by Crippen LogP contribution is 2.34. The molecule has 0 saturated carbocycles. The molecule has 1 saturated heterocycles. The second kappa shape index (κ2) is 16.7. The van der Waals surface area contributed by atoms with Crippen molar-refractivity contribution in [2.24, 2.45) is 5.73 Å². The van der Waals surface area contributed by atoms with Crippen LogP contribution in [0.5, 0.6) is 0 Å². The SMILES string of the molecule is NCCOCCOCCOCCOCCOCCSc1cccc2c1CN(C1CCC(=O)NC1=O)C2=O. The van der Waals surface area contributed by atoms with Crippen molar-refractivity contribution in [1.29, 1.82) is 0 Å². The Balaban J connectivity index is 1.22. The number of nitrogens with zero attached hydrogens (tertiary/aromatic N) is 1. The molecule has 0 aliphatic carbocycles. The van der Waals surface area contributed by atoms with Gasteiger partial charge in [0.25, 0.3) is 5.91 Å². The van der Waals surface area contributed by atoms with E-state index in [4.69, 9.17) is 29.4 Å². The van der Waals surface area contributed by atoms with Gasteiger partial charge in [-0.25, -0.2) is 0 Å². The summed E-state index contributed by atoms with van der Waals surface area (Å²) in [7, 11) is 0. The maximum Gasteiger partial charge on any atom is 0.255 e. The number of hydrogen-bond acceptors (Lipinski definition) is 10. The van der Waals surface area contributed by atoms with E-state index >= 15 is 0 Å². The highest BCUT2D eigenvalue weighted by atomic mass is 32.2. The topological polar surface area (TPSA) is 139 Å². The number of thioether (sulfide) groups is 1. The molecule has 0 aromatic heterocycles. The van der Waals surface area contributed by atoms with E-state index in [1.807, 2.05) is 12.1 Å². The molecule has 1 aromatic carbocycles. The predicted molar refractivity (Wildman–Crippen MR) is 136 cm³/mol. The summed E-state index contributed by atoms with van der Waals surface area (Å²) in [6.45, 7) is 6.03. The Morgan fingerprint density at radius 2 is 1.46 bits per heavy atom. The standard InChI is InChI=1S/C25H37N3O8S/c26-6-7-32-8-9-33-10-11-34-12-13-35-14-15-36-16-17-37-22-3-1-2-19-20(22)18-28(25(19)31)21-4-5-23(29)27-24(21)30/h1-3,21H,4-18,26H2,(H,27,29,30). The van der Waals surface area contributed by atoms with Crippen LogP contribution in [0.2, 0.25) is 0 Å². The van der Waals surface area contributed by atoms with Gasteiger partial charge in [-0.3, -0.25) is 19.7 Å². The van der Waals surface area contributed by atoms with E-state index in [0.29, 0.717) is 91.1 Å². The van der Waals surface area contributed by atoms with Gasteiger partial charge in [-0.2, -0.15) is 0 Å². The second-order valence-corrected chi connectivity index (χ2v) is 9.52. The van der Waals surface area contributed by atoms with Gasteiger partial charge in [-0.15, -0.1) is 11.8 Å². The normalized spacial score (nSPS) is 17.4. The number of piperidine rings is 1. The summed E-state index contributed by atoms with van der Waals surface area (Å²) in [4.78, 5) is 39.2. The number of benzene rings is 1. The fourth-order valence-corrected chi connectivity index (χ4v) is 4.91. The lowest BCUT2D eigenvalue weighted by Crippen LogP contribution is -2.52. The van der Waals surface area contributed by atoms with Crippen LogP contribution < -0.4 is 11.1 Å². The van der Waals surface area contributed by atoms with Gasteiger partial charge < -0.3 is 34.3 Å². The summed E-state index contributed by atoms with van der Waals surface area (Å²) in [5, 5.41) is 2.33. The van der Waals surface area contributed by atoms with Crippen molar-refractivity contribution in [1.82, 2.24) is 10.2 Å². The molecule has 3 N–H and O–H groups in total. The Bertz CT molecular complexity index is 887. The van der Waals surface area contributed by atoms with Crippen molar-refractivity contribution in [2.45, 2.75) is 30.3 Å². The average Bonchev–Trinajstić information content (AvgIpc) is 3.22. The van der Waals surface area contributed by atoms with E-state index in [2.05, 4.69) is 5.32 Å².